The number of hydrogen-bond acceptors (Lipinski definition) is 6. The van der Waals surface area contributed by atoms with Gasteiger partial charge in [0.15, 0.2) is 0 Å². The van der Waals surface area contributed by atoms with Crippen LogP contribution in [0.1, 0.15) is 71.2 Å². The number of nitrogens with one attached hydrogen (secondary N) is 2. The Kier molecular flexibility index (Phi) is 10.7. The van der Waals surface area contributed by atoms with Gasteiger partial charge in [0.1, 0.15) is 24.2 Å². The molecule has 0 aliphatic heterocycles. The van der Waals surface area contributed by atoms with E-state index in [0.717, 1.165) is 11.1 Å². The quantitative estimate of drug-likeness (QED) is 0.512. The van der Waals surface area contributed by atoms with Gasteiger partial charge >= 0.3 is 12.1 Å². The summed E-state index contributed by atoms with van der Waals surface area (Å²) < 4.78 is 10.0. The fraction of sp³-hybridized carbons (Fsp3) is 0.615. The zero-order valence-corrected chi connectivity index (χ0v) is 22.6. The molecule has 2 unspecified atom stereocenters. The minimum absolute atomic E-state index is 0.284. The molecule has 2 N–H and O–H groups in total. The van der Waals surface area contributed by atoms with Gasteiger partial charge in [-0.3, -0.25) is 14.4 Å². The van der Waals surface area contributed by atoms with Crippen LogP contribution in [0.5, 0.6) is 0 Å². The number of amides is 3. The molecule has 0 bridgehead atoms. The van der Waals surface area contributed by atoms with Gasteiger partial charge in [0.2, 0.25) is 11.8 Å². The number of methoxy groups -OCH3 is 1. The smallest absolute Gasteiger partial charge is 0.408 e. The first kappa shape index (κ1) is 29.9. The van der Waals surface area contributed by atoms with Crippen molar-refractivity contribution in [3.63, 3.8) is 0 Å². The Hall–Kier alpha value is -3.10. The Labute approximate surface area is 208 Å². The molecule has 1 aromatic rings. The third kappa shape index (κ3) is 8.56. The van der Waals surface area contributed by atoms with Crippen molar-refractivity contribution >= 4 is 23.9 Å². The maximum atomic E-state index is 13.9. The fourth-order valence-corrected chi connectivity index (χ4v) is 3.60. The van der Waals surface area contributed by atoms with Crippen LogP contribution in [-0.2, 0) is 23.9 Å². The summed E-state index contributed by atoms with van der Waals surface area (Å²) in [5, 5.41) is 5.27. The average Bonchev–Trinajstić information content (AvgIpc) is 2.73. The SMILES string of the molecule is COC(=O)CNC(=O)C(c1cccc(C)c1C)N(C(=O)C(NC(=O)OC(C)(C)C)C(C)C)C(C)C. The van der Waals surface area contributed by atoms with E-state index in [-0.39, 0.29) is 12.5 Å². The van der Waals surface area contributed by atoms with Crippen LogP contribution in [0.3, 0.4) is 0 Å². The number of aryl methyl sites for hydroxylation is 1. The third-order valence-corrected chi connectivity index (χ3v) is 5.52. The Morgan fingerprint density at radius 3 is 2.11 bits per heavy atom. The van der Waals surface area contributed by atoms with E-state index in [2.05, 4.69) is 15.4 Å². The van der Waals surface area contributed by atoms with Gasteiger partial charge in [-0.2, -0.15) is 0 Å². The van der Waals surface area contributed by atoms with Gasteiger partial charge in [-0.1, -0.05) is 32.0 Å². The number of rotatable bonds is 9. The van der Waals surface area contributed by atoms with Crippen molar-refractivity contribution in [1.82, 2.24) is 15.5 Å². The lowest BCUT2D eigenvalue weighted by molar-refractivity contribution is -0.146. The molecule has 0 aliphatic carbocycles. The van der Waals surface area contributed by atoms with Crippen LogP contribution in [0.15, 0.2) is 18.2 Å². The van der Waals surface area contributed by atoms with Gasteiger partial charge in [0.25, 0.3) is 0 Å². The Morgan fingerprint density at radius 1 is 1.03 bits per heavy atom. The van der Waals surface area contributed by atoms with Crippen molar-refractivity contribution in [3.8, 4) is 0 Å². The van der Waals surface area contributed by atoms with Crippen molar-refractivity contribution in [2.24, 2.45) is 5.92 Å². The van der Waals surface area contributed by atoms with E-state index in [9.17, 15) is 19.2 Å². The van der Waals surface area contributed by atoms with Gasteiger partial charge in [-0.05, 0) is 71.1 Å². The lowest BCUT2D eigenvalue weighted by atomic mass is 9.93. The molecule has 0 heterocycles. The van der Waals surface area contributed by atoms with Gasteiger partial charge < -0.3 is 25.0 Å². The number of nitrogens with zero attached hydrogens (tertiary/aromatic N) is 1. The summed E-state index contributed by atoms with van der Waals surface area (Å²) in [6.45, 7) is 15.9. The minimum Gasteiger partial charge on any atom is -0.468 e. The number of hydrogen-bond donors (Lipinski definition) is 2. The van der Waals surface area contributed by atoms with Crippen molar-refractivity contribution in [2.45, 2.75) is 86.0 Å². The third-order valence-electron chi connectivity index (χ3n) is 5.52. The Bertz CT molecular complexity index is 920. The molecule has 35 heavy (non-hydrogen) atoms. The van der Waals surface area contributed by atoms with Crippen LogP contribution in [-0.4, -0.2) is 60.1 Å². The molecule has 0 saturated heterocycles. The summed E-state index contributed by atoms with van der Waals surface area (Å²) >= 11 is 0. The molecule has 0 aliphatic rings. The number of carbonyl (C=O) groups excluding carboxylic acids is 4. The highest BCUT2D eigenvalue weighted by atomic mass is 16.6. The van der Waals surface area contributed by atoms with E-state index in [1.807, 2.05) is 39.8 Å². The van der Waals surface area contributed by atoms with Crippen LogP contribution in [0, 0.1) is 19.8 Å². The minimum atomic E-state index is -1.03. The molecule has 0 spiro atoms. The van der Waals surface area contributed by atoms with Crippen LogP contribution in [0.4, 0.5) is 4.79 Å². The summed E-state index contributed by atoms with van der Waals surface area (Å²) in [6, 6.07) is 3.16. The predicted molar refractivity (Wildman–Crippen MR) is 134 cm³/mol. The van der Waals surface area contributed by atoms with E-state index < -0.39 is 47.6 Å². The topological polar surface area (TPSA) is 114 Å². The molecule has 2 atom stereocenters. The van der Waals surface area contributed by atoms with E-state index >= 15 is 0 Å². The highest BCUT2D eigenvalue weighted by Crippen LogP contribution is 2.29. The van der Waals surface area contributed by atoms with Crippen molar-refractivity contribution < 1.29 is 28.7 Å². The zero-order chi connectivity index (χ0) is 27.1. The van der Waals surface area contributed by atoms with Gasteiger partial charge in [-0.15, -0.1) is 0 Å². The molecule has 0 saturated carbocycles. The predicted octanol–water partition coefficient (Wildman–Crippen LogP) is 3.42. The summed E-state index contributed by atoms with van der Waals surface area (Å²) in [5.74, 6) is -1.84. The standard InChI is InChI=1S/C26H41N3O6/c1-15(2)21(28-25(33)35-26(7,8)9)24(32)29(16(3)4)22(23(31)27-14-20(30)34-10)19-13-11-12-17(5)18(19)6/h11-13,15-16,21-22H,14H2,1-10H3,(H,27,31)(H,28,33). The highest BCUT2D eigenvalue weighted by Gasteiger charge is 2.39. The monoisotopic (exact) mass is 491 g/mol. The lowest BCUT2D eigenvalue weighted by Crippen LogP contribution is -2.57. The second kappa shape index (κ2) is 12.6. The molecule has 3 amide bonds. The largest absolute Gasteiger partial charge is 0.468 e. The van der Waals surface area contributed by atoms with E-state index in [4.69, 9.17) is 4.74 Å². The average molecular weight is 492 g/mol. The Balaban J connectivity index is 3.51. The number of ether oxygens (including phenoxy) is 2. The molecule has 9 heteroatoms. The summed E-state index contributed by atoms with van der Waals surface area (Å²) in [5.41, 5.74) is 1.71. The molecule has 0 aromatic heterocycles. The second-order valence-electron chi connectivity index (χ2n) is 10.2. The number of benzene rings is 1. The lowest BCUT2D eigenvalue weighted by Gasteiger charge is -2.38. The fourth-order valence-electron chi connectivity index (χ4n) is 3.60. The Morgan fingerprint density at radius 2 is 1.63 bits per heavy atom. The van der Waals surface area contributed by atoms with Gasteiger partial charge in [-0.25, -0.2) is 4.79 Å². The maximum absolute atomic E-state index is 13.9. The molecule has 1 rings (SSSR count). The summed E-state index contributed by atoms with van der Waals surface area (Å²) in [4.78, 5) is 53.0. The molecule has 0 fully saturated rings. The molecular weight excluding hydrogens is 450 g/mol. The van der Waals surface area contributed by atoms with Crippen LogP contribution >= 0.6 is 0 Å². The van der Waals surface area contributed by atoms with E-state index in [0.29, 0.717) is 5.56 Å². The van der Waals surface area contributed by atoms with Crippen LogP contribution in [0.2, 0.25) is 0 Å². The summed E-state index contributed by atoms with van der Waals surface area (Å²) in [6.07, 6.45) is -0.716. The van der Waals surface area contributed by atoms with Crippen molar-refractivity contribution in [3.05, 3.63) is 34.9 Å². The maximum Gasteiger partial charge on any atom is 0.408 e. The normalized spacial score (nSPS) is 13.1. The van der Waals surface area contributed by atoms with Crippen molar-refractivity contribution in [2.75, 3.05) is 13.7 Å². The van der Waals surface area contributed by atoms with Crippen LogP contribution < -0.4 is 10.6 Å². The van der Waals surface area contributed by atoms with E-state index in [1.54, 1.807) is 40.7 Å². The molecule has 9 nitrogen and oxygen atoms in total. The van der Waals surface area contributed by atoms with Crippen molar-refractivity contribution in [1.29, 1.82) is 0 Å². The number of alkyl carbamates (subject to hydrolysis) is 1. The first-order valence-electron chi connectivity index (χ1n) is 11.8. The first-order chi connectivity index (χ1) is 16.1. The molecule has 1 aromatic carbocycles. The zero-order valence-electron chi connectivity index (χ0n) is 22.6. The highest BCUT2D eigenvalue weighted by molar-refractivity contribution is 5.93. The number of esters is 1. The molecular formula is C26H41N3O6. The van der Waals surface area contributed by atoms with Gasteiger partial charge in [0.05, 0.1) is 7.11 Å². The van der Waals surface area contributed by atoms with E-state index in [1.165, 1.54) is 12.0 Å². The molecule has 0 radical (unpaired) electrons. The van der Waals surface area contributed by atoms with Crippen LogP contribution in [0.25, 0.3) is 0 Å². The first-order valence-corrected chi connectivity index (χ1v) is 11.8. The summed E-state index contributed by atoms with van der Waals surface area (Å²) in [7, 11) is 1.23. The second-order valence-corrected chi connectivity index (χ2v) is 10.2. The van der Waals surface area contributed by atoms with Gasteiger partial charge in [0, 0.05) is 6.04 Å². The number of carbonyl (C=O) groups is 4. The molecule has 196 valence electrons.